The highest BCUT2D eigenvalue weighted by molar-refractivity contribution is 7.89. The highest BCUT2D eigenvalue weighted by atomic mass is 32.2. The van der Waals surface area contributed by atoms with Crippen molar-refractivity contribution in [3.8, 4) is 0 Å². The molecule has 1 fully saturated rings. The highest BCUT2D eigenvalue weighted by Crippen LogP contribution is 2.21. The molecule has 0 bridgehead atoms. The molecule has 0 atom stereocenters. The zero-order valence-electron chi connectivity index (χ0n) is 13.2. The predicted molar refractivity (Wildman–Crippen MR) is 84.6 cm³/mol. The van der Waals surface area contributed by atoms with Crippen LogP contribution in [-0.2, 0) is 19.6 Å². The van der Waals surface area contributed by atoms with Gasteiger partial charge in [-0.25, -0.2) is 8.42 Å². The number of nitrogens with zero attached hydrogens (tertiary/aromatic N) is 1. The lowest BCUT2D eigenvalue weighted by atomic mass is 10.1. The fraction of sp³-hybridized carbons (Fsp3) is 0.500. The Labute approximate surface area is 136 Å². The number of carbonyl (C=O) groups is 2. The van der Waals surface area contributed by atoms with Crippen molar-refractivity contribution in [2.75, 3.05) is 19.7 Å². The van der Waals surface area contributed by atoms with Gasteiger partial charge in [-0.1, -0.05) is 18.6 Å². The first kappa shape index (κ1) is 17.6. The molecule has 0 unspecified atom stereocenters. The topological polar surface area (TPSA) is 80.8 Å². The van der Waals surface area contributed by atoms with E-state index < -0.39 is 16.0 Å². The van der Waals surface area contributed by atoms with Crippen LogP contribution in [0.3, 0.4) is 0 Å². The number of hydrogen-bond donors (Lipinski definition) is 0. The number of Topliss-reactive ketones (excluding diaryl/α,β-unsaturated/α-hetero) is 1. The minimum Gasteiger partial charge on any atom is -0.466 e. The lowest BCUT2D eigenvalue weighted by Crippen LogP contribution is -2.35. The summed E-state index contributed by atoms with van der Waals surface area (Å²) in [5, 5.41) is 0. The second-order valence-electron chi connectivity index (χ2n) is 5.39. The Morgan fingerprint density at radius 3 is 2.26 bits per heavy atom. The summed E-state index contributed by atoms with van der Waals surface area (Å²) < 4.78 is 31.2. The van der Waals surface area contributed by atoms with E-state index in [4.69, 9.17) is 4.74 Å². The molecule has 0 aliphatic carbocycles. The zero-order chi connectivity index (χ0) is 16.9. The van der Waals surface area contributed by atoms with Crippen LogP contribution < -0.4 is 0 Å². The van der Waals surface area contributed by atoms with Crippen LogP contribution in [0.4, 0.5) is 0 Å². The third-order valence-electron chi connectivity index (χ3n) is 3.74. The number of piperidine rings is 1. The maximum Gasteiger partial charge on any atom is 0.313 e. The van der Waals surface area contributed by atoms with E-state index in [2.05, 4.69) is 0 Å². The second kappa shape index (κ2) is 7.70. The maximum absolute atomic E-state index is 12.5. The van der Waals surface area contributed by atoms with Crippen LogP contribution >= 0.6 is 0 Å². The molecule has 1 aromatic carbocycles. The van der Waals surface area contributed by atoms with Gasteiger partial charge in [-0.15, -0.1) is 0 Å². The summed E-state index contributed by atoms with van der Waals surface area (Å²) in [6.45, 7) is 2.96. The van der Waals surface area contributed by atoms with E-state index >= 15 is 0 Å². The average molecular weight is 339 g/mol. The summed E-state index contributed by atoms with van der Waals surface area (Å²) in [4.78, 5) is 23.4. The van der Waals surface area contributed by atoms with E-state index in [0.29, 0.717) is 18.7 Å². The van der Waals surface area contributed by atoms with E-state index in [1.54, 1.807) is 6.92 Å². The van der Waals surface area contributed by atoms with Gasteiger partial charge in [-0.3, -0.25) is 9.59 Å². The van der Waals surface area contributed by atoms with E-state index in [1.807, 2.05) is 0 Å². The molecule has 7 heteroatoms. The van der Waals surface area contributed by atoms with E-state index in [9.17, 15) is 18.0 Å². The van der Waals surface area contributed by atoms with Crippen molar-refractivity contribution in [2.24, 2.45) is 0 Å². The minimum absolute atomic E-state index is 0.173. The predicted octanol–water partition coefficient (Wildman–Crippen LogP) is 2.00. The summed E-state index contributed by atoms with van der Waals surface area (Å²) in [6, 6.07) is 5.72. The number of carbonyl (C=O) groups excluding carboxylic acids is 2. The molecule has 1 heterocycles. The van der Waals surface area contributed by atoms with Gasteiger partial charge in [-0.2, -0.15) is 4.31 Å². The molecule has 23 heavy (non-hydrogen) atoms. The van der Waals surface area contributed by atoms with Gasteiger partial charge in [-0.05, 0) is 31.9 Å². The molecular weight excluding hydrogens is 318 g/mol. The molecule has 0 spiro atoms. The molecule has 6 nitrogen and oxygen atoms in total. The lowest BCUT2D eigenvalue weighted by Gasteiger charge is -2.25. The molecule has 2 rings (SSSR count). The summed E-state index contributed by atoms with van der Waals surface area (Å²) in [5.74, 6) is -0.965. The summed E-state index contributed by atoms with van der Waals surface area (Å²) in [6.07, 6.45) is 2.45. The van der Waals surface area contributed by atoms with Crippen LogP contribution in [0.5, 0.6) is 0 Å². The second-order valence-corrected chi connectivity index (χ2v) is 7.33. The van der Waals surface area contributed by atoms with Crippen LogP contribution in [0.25, 0.3) is 0 Å². The van der Waals surface area contributed by atoms with Crippen LogP contribution in [-0.4, -0.2) is 44.2 Å². The van der Waals surface area contributed by atoms with Gasteiger partial charge < -0.3 is 4.74 Å². The smallest absolute Gasteiger partial charge is 0.313 e. The van der Waals surface area contributed by atoms with Gasteiger partial charge in [0.15, 0.2) is 5.78 Å². The molecule has 1 aliphatic heterocycles. The number of hydrogen-bond acceptors (Lipinski definition) is 5. The molecule has 0 saturated carbocycles. The normalized spacial score (nSPS) is 16.0. The number of ether oxygens (including phenoxy) is 1. The fourth-order valence-electron chi connectivity index (χ4n) is 2.51. The van der Waals surface area contributed by atoms with Crippen molar-refractivity contribution >= 4 is 21.8 Å². The zero-order valence-corrected chi connectivity index (χ0v) is 14.0. The van der Waals surface area contributed by atoms with Crippen molar-refractivity contribution in [1.29, 1.82) is 0 Å². The Morgan fingerprint density at radius 1 is 1.09 bits per heavy atom. The van der Waals surface area contributed by atoms with Crippen LogP contribution in [0.1, 0.15) is 43.0 Å². The molecule has 0 radical (unpaired) electrons. The van der Waals surface area contributed by atoms with Crippen LogP contribution in [0.15, 0.2) is 29.2 Å². The third-order valence-corrected chi connectivity index (χ3v) is 5.65. The first-order valence-corrected chi connectivity index (χ1v) is 9.18. The Kier molecular flexibility index (Phi) is 5.90. The Bertz CT molecular complexity index is 660. The fourth-order valence-corrected chi connectivity index (χ4v) is 4.03. The molecule has 1 aromatic rings. The van der Waals surface area contributed by atoms with Gasteiger partial charge in [0.05, 0.1) is 11.5 Å². The van der Waals surface area contributed by atoms with Crippen molar-refractivity contribution in [1.82, 2.24) is 4.31 Å². The largest absolute Gasteiger partial charge is 0.466 e. The molecule has 1 saturated heterocycles. The van der Waals surface area contributed by atoms with Gasteiger partial charge in [0.1, 0.15) is 6.42 Å². The van der Waals surface area contributed by atoms with Crippen LogP contribution in [0.2, 0.25) is 0 Å². The number of benzene rings is 1. The van der Waals surface area contributed by atoms with Crippen molar-refractivity contribution < 1.29 is 22.7 Å². The van der Waals surface area contributed by atoms with Gasteiger partial charge in [0.2, 0.25) is 10.0 Å². The maximum atomic E-state index is 12.5. The number of esters is 1. The minimum atomic E-state index is -3.51. The Balaban J connectivity index is 2.09. The molecule has 0 aromatic heterocycles. The summed E-state index contributed by atoms with van der Waals surface area (Å²) in [7, 11) is -3.51. The average Bonchev–Trinajstić information content (AvgIpc) is 2.56. The van der Waals surface area contributed by atoms with Crippen molar-refractivity contribution in [3.63, 3.8) is 0 Å². The highest BCUT2D eigenvalue weighted by Gasteiger charge is 2.26. The molecule has 0 amide bonds. The van der Waals surface area contributed by atoms with Crippen LogP contribution in [0, 0.1) is 0 Å². The summed E-state index contributed by atoms with van der Waals surface area (Å²) in [5.41, 5.74) is 0.302. The number of rotatable bonds is 6. The number of ketones is 1. The first-order chi connectivity index (χ1) is 10.9. The molecule has 0 N–H and O–H groups in total. The van der Waals surface area contributed by atoms with E-state index in [0.717, 1.165) is 19.3 Å². The quantitative estimate of drug-likeness (QED) is 0.450. The Hall–Kier alpha value is -1.73. The van der Waals surface area contributed by atoms with Gasteiger partial charge >= 0.3 is 5.97 Å². The Morgan fingerprint density at radius 2 is 1.70 bits per heavy atom. The molecule has 126 valence electrons. The van der Waals surface area contributed by atoms with E-state index in [-0.39, 0.29) is 23.7 Å². The SMILES string of the molecule is CCOC(=O)CC(=O)c1ccc(S(=O)(=O)N2CCCCC2)cc1. The number of sulfonamides is 1. The first-order valence-electron chi connectivity index (χ1n) is 7.74. The monoisotopic (exact) mass is 339 g/mol. The third kappa shape index (κ3) is 4.39. The summed E-state index contributed by atoms with van der Waals surface area (Å²) >= 11 is 0. The standard InChI is InChI=1S/C16H21NO5S/c1-2-22-16(19)12-15(18)13-6-8-14(9-7-13)23(20,21)17-10-4-3-5-11-17/h6-9H,2-5,10-12H2,1H3. The van der Waals surface area contributed by atoms with Crippen molar-refractivity contribution in [2.45, 2.75) is 37.5 Å². The molecule has 1 aliphatic rings. The van der Waals surface area contributed by atoms with Gasteiger partial charge in [0.25, 0.3) is 0 Å². The van der Waals surface area contributed by atoms with Crippen molar-refractivity contribution in [3.05, 3.63) is 29.8 Å². The van der Waals surface area contributed by atoms with Gasteiger partial charge in [0, 0.05) is 18.7 Å². The molecular formula is C16H21NO5S. The lowest BCUT2D eigenvalue weighted by molar-refractivity contribution is -0.141. The van der Waals surface area contributed by atoms with E-state index in [1.165, 1.54) is 28.6 Å².